The van der Waals surface area contributed by atoms with E-state index in [1.165, 1.54) is 0 Å². The second-order valence-electron chi connectivity index (χ2n) is 4.27. The smallest absolute Gasteiger partial charge is 0.142 e. The maximum Gasteiger partial charge on any atom is 0.142 e. The van der Waals surface area contributed by atoms with Crippen molar-refractivity contribution in [3.63, 3.8) is 0 Å². The SMILES string of the molecule is N#CC1CCCCC1=NOCc1ccccc1. The molecular weight excluding hydrogens is 212 g/mol. The summed E-state index contributed by atoms with van der Waals surface area (Å²) in [5.74, 6) is -0.0421. The Balaban J connectivity index is 1.89. The van der Waals surface area contributed by atoms with E-state index in [4.69, 9.17) is 10.1 Å². The van der Waals surface area contributed by atoms with Crippen LogP contribution in [-0.2, 0) is 11.4 Å². The predicted molar refractivity (Wildman–Crippen MR) is 66.2 cm³/mol. The van der Waals surface area contributed by atoms with Crippen LogP contribution < -0.4 is 0 Å². The number of rotatable bonds is 3. The third kappa shape index (κ3) is 3.32. The van der Waals surface area contributed by atoms with Gasteiger partial charge in [0.15, 0.2) is 0 Å². The van der Waals surface area contributed by atoms with Crippen molar-refractivity contribution in [2.75, 3.05) is 0 Å². The summed E-state index contributed by atoms with van der Waals surface area (Å²) < 4.78 is 0. The first kappa shape index (κ1) is 11.7. The molecule has 0 spiro atoms. The van der Waals surface area contributed by atoms with Crippen molar-refractivity contribution >= 4 is 5.71 Å². The summed E-state index contributed by atoms with van der Waals surface area (Å²) in [6, 6.07) is 12.2. The van der Waals surface area contributed by atoms with Gasteiger partial charge in [-0.15, -0.1) is 0 Å². The highest BCUT2D eigenvalue weighted by Crippen LogP contribution is 2.21. The molecule has 1 aliphatic carbocycles. The van der Waals surface area contributed by atoms with Crippen LogP contribution in [0.15, 0.2) is 35.5 Å². The van der Waals surface area contributed by atoms with Gasteiger partial charge < -0.3 is 4.84 Å². The van der Waals surface area contributed by atoms with Crippen molar-refractivity contribution < 1.29 is 4.84 Å². The Bertz CT molecular complexity index is 420. The molecule has 0 aliphatic heterocycles. The van der Waals surface area contributed by atoms with E-state index in [2.05, 4.69) is 11.2 Å². The van der Waals surface area contributed by atoms with Crippen LogP contribution in [0.5, 0.6) is 0 Å². The molecule has 1 aromatic rings. The van der Waals surface area contributed by atoms with Crippen molar-refractivity contribution in [1.29, 1.82) is 5.26 Å². The lowest BCUT2D eigenvalue weighted by Gasteiger charge is -2.17. The Hall–Kier alpha value is -1.82. The van der Waals surface area contributed by atoms with Crippen LogP contribution in [0.3, 0.4) is 0 Å². The monoisotopic (exact) mass is 228 g/mol. The van der Waals surface area contributed by atoms with Gasteiger partial charge in [0, 0.05) is 0 Å². The molecule has 3 heteroatoms. The van der Waals surface area contributed by atoms with Gasteiger partial charge in [-0.05, 0) is 24.8 Å². The highest BCUT2D eigenvalue weighted by molar-refractivity contribution is 5.88. The molecule has 0 aromatic heterocycles. The van der Waals surface area contributed by atoms with Crippen LogP contribution in [0.2, 0.25) is 0 Å². The molecule has 0 amide bonds. The Kier molecular flexibility index (Phi) is 4.15. The number of hydrogen-bond donors (Lipinski definition) is 0. The molecule has 2 rings (SSSR count). The minimum atomic E-state index is -0.0421. The molecular formula is C14H16N2O. The Morgan fingerprint density at radius 1 is 1.29 bits per heavy atom. The lowest BCUT2D eigenvalue weighted by Crippen LogP contribution is -2.18. The van der Waals surface area contributed by atoms with Gasteiger partial charge in [-0.1, -0.05) is 41.9 Å². The minimum Gasteiger partial charge on any atom is -0.391 e. The topological polar surface area (TPSA) is 45.4 Å². The molecule has 17 heavy (non-hydrogen) atoms. The van der Waals surface area contributed by atoms with E-state index < -0.39 is 0 Å². The fourth-order valence-corrected chi connectivity index (χ4v) is 2.01. The number of oxime groups is 1. The molecule has 1 unspecified atom stereocenters. The molecule has 0 saturated heterocycles. The summed E-state index contributed by atoms with van der Waals surface area (Å²) in [7, 11) is 0. The van der Waals surface area contributed by atoms with Crippen LogP contribution >= 0.6 is 0 Å². The summed E-state index contributed by atoms with van der Waals surface area (Å²) in [5.41, 5.74) is 2.01. The van der Waals surface area contributed by atoms with Crippen LogP contribution in [0.1, 0.15) is 31.2 Å². The van der Waals surface area contributed by atoms with E-state index in [9.17, 15) is 0 Å². The van der Waals surface area contributed by atoms with Crippen molar-refractivity contribution in [3.05, 3.63) is 35.9 Å². The molecule has 1 atom stereocenters. The lowest BCUT2D eigenvalue weighted by molar-refractivity contribution is 0.128. The number of benzene rings is 1. The van der Waals surface area contributed by atoms with Gasteiger partial charge in [0.1, 0.15) is 6.61 Å². The van der Waals surface area contributed by atoms with Crippen molar-refractivity contribution in [1.82, 2.24) is 0 Å². The highest BCUT2D eigenvalue weighted by Gasteiger charge is 2.20. The van der Waals surface area contributed by atoms with Crippen LogP contribution in [0.4, 0.5) is 0 Å². The van der Waals surface area contributed by atoms with Crippen LogP contribution in [-0.4, -0.2) is 5.71 Å². The number of hydrogen-bond acceptors (Lipinski definition) is 3. The molecule has 3 nitrogen and oxygen atoms in total. The van der Waals surface area contributed by atoms with Crippen molar-refractivity contribution in [2.24, 2.45) is 11.1 Å². The molecule has 1 fully saturated rings. The minimum absolute atomic E-state index is 0.0421. The zero-order valence-corrected chi connectivity index (χ0v) is 9.80. The zero-order chi connectivity index (χ0) is 11.9. The van der Waals surface area contributed by atoms with E-state index >= 15 is 0 Å². The Morgan fingerprint density at radius 3 is 2.88 bits per heavy atom. The molecule has 1 saturated carbocycles. The van der Waals surface area contributed by atoms with Gasteiger partial charge >= 0.3 is 0 Å². The molecule has 0 heterocycles. The van der Waals surface area contributed by atoms with Gasteiger partial charge in [0.25, 0.3) is 0 Å². The van der Waals surface area contributed by atoms with E-state index in [-0.39, 0.29) is 5.92 Å². The van der Waals surface area contributed by atoms with Gasteiger partial charge in [-0.3, -0.25) is 0 Å². The molecule has 0 radical (unpaired) electrons. The Morgan fingerprint density at radius 2 is 2.12 bits per heavy atom. The largest absolute Gasteiger partial charge is 0.391 e. The fourth-order valence-electron chi connectivity index (χ4n) is 2.01. The number of nitrogens with zero attached hydrogens (tertiary/aromatic N) is 2. The summed E-state index contributed by atoms with van der Waals surface area (Å²) >= 11 is 0. The highest BCUT2D eigenvalue weighted by atomic mass is 16.6. The van der Waals surface area contributed by atoms with Gasteiger partial charge in [-0.25, -0.2) is 0 Å². The lowest BCUT2D eigenvalue weighted by atomic mass is 9.88. The van der Waals surface area contributed by atoms with E-state index in [1.54, 1.807) is 0 Å². The average Bonchev–Trinajstić information content (AvgIpc) is 2.40. The van der Waals surface area contributed by atoms with E-state index in [1.807, 2.05) is 30.3 Å². The van der Waals surface area contributed by atoms with E-state index in [0.717, 1.165) is 37.0 Å². The predicted octanol–water partition coefficient (Wildman–Crippen LogP) is 3.27. The molecule has 88 valence electrons. The standard InChI is InChI=1S/C14H16N2O/c15-10-13-8-4-5-9-14(13)16-17-11-12-6-2-1-3-7-12/h1-3,6-7,13H,4-5,8-9,11H2. The molecule has 1 aliphatic rings. The summed E-state index contributed by atoms with van der Waals surface area (Å²) in [6.07, 6.45) is 4.05. The molecule has 0 N–H and O–H groups in total. The first-order valence-electron chi connectivity index (χ1n) is 6.02. The van der Waals surface area contributed by atoms with Gasteiger partial charge in [0.2, 0.25) is 0 Å². The average molecular weight is 228 g/mol. The summed E-state index contributed by atoms with van der Waals surface area (Å²) in [6.45, 7) is 0.475. The quantitative estimate of drug-likeness (QED) is 0.745. The zero-order valence-electron chi connectivity index (χ0n) is 9.80. The second kappa shape index (κ2) is 6.05. The van der Waals surface area contributed by atoms with Crippen LogP contribution in [0, 0.1) is 17.2 Å². The summed E-state index contributed by atoms with van der Waals surface area (Å²) in [5, 5.41) is 13.1. The molecule has 1 aromatic carbocycles. The van der Waals surface area contributed by atoms with Crippen molar-refractivity contribution in [3.8, 4) is 6.07 Å². The third-order valence-electron chi connectivity index (χ3n) is 2.99. The Labute approximate surface area is 102 Å². The van der Waals surface area contributed by atoms with E-state index in [0.29, 0.717) is 6.61 Å². The normalized spacial score (nSPS) is 22.1. The maximum atomic E-state index is 8.99. The first-order valence-corrected chi connectivity index (χ1v) is 6.02. The first-order chi connectivity index (χ1) is 8.40. The van der Waals surface area contributed by atoms with Crippen LogP contribution in [0.25, 0.3) is 0 Å². The molecule has 0 bridgehead atoms. The third-order valence-corrected chi connectivity index (χ3v) is 2.99. The van der Waals surface area contributed by atoms with Gasteiger partial charge in [0.05, 0.1) is 17.7 Å². The van der Waals surface area contributed by atoms with Crippen molar-refractivity contribution in [2.45, 2.75) is 32.3 Å². The summed E-state index contributed by atoms with van der Waals surface area (Å²) in [4.78, 5) is 5.33. The fraction of sp³-hybridized carbons (Fsp3) is 0.429. The maximum absolute atomic E-state index is 8.99. The second-order valence-corrected chi connectivity index (χ2v) is 4.27. The number of nitriles is 1. The van der Waals surface area contributed by atoms with Gasteiger partial charge in [-0.2, -0.15) is 5.26 Å².